The van der Waals surface area contributed by atoms with Crippen LogP contribution in [-0.2, 0) is 31.5 Å². The number of nitrogens with zero attached hydrogens (tertiary/aromatic N) is 3. The molecule has 1 unspecified atom stereocenters. The van der Waals surface area contributed by atoms with Gasteiger partial charge in [0.1, 0.15) is 12.3 Å². The standard InChI is InChI=1S/C25H32N4O3/c1-4-20(2)29(25(31)26-16-21-10-6-5-7-11-21)19-24(30)28(18-23-13-9-15-32-23)17-22-12-8-14-27(22)3/h5-15,20H,4,16-19H2,1-3H3,(H,26,31). The normalized spacial score (nSPS) is 11.7. The fourth-order valence-electron chi connectivity index (χ4n) is 3.45. The van der Waals surface area contributed by atoms with Gasteiger partial charge in [-0.2, -0.15) is 0 Å². The van der Waals surface area contributed by atoms with Crippen LogP contribution < -0.4 is 5.32 Å². The molecule has 1 atom stereocenters. The summed E-state index contributed by atoms with van der Waals surface area (Å²) in [5.41, 5.74) is 2.02. The summed E-state index contributed by atoms with van der Waals surface area (Å²) < 4.78 is 7.47. The molecule has 170 valence electrons. The van der Waals surface area contributed by atoms with Crippen molar-refractivity contribution >= 4 is 11.9 Å². The van der Waals surface area contributed by atoms with Crippen molar-refractivity contribution in [2.45, 2.75) is 45.9 Å². The van der Waals surface area contributed by atoms with E-state index in [-0.39, 0.29) is 24.5 Å². The molecular weight excluding hydrogens is 404 g/mol. The number of amides is 3. The lowest BCUT2D eigenvalue weighted by Crippen LogP contribution is -2.50. The third-order valence-corrected chi connectivity index (χ3v) is 5.66. The maximum atomic E-state index is 13.4. The molecule has 0 spiro atoms. The molecule has 1 aromatic carbocycles. The summed E-state index contributed by atoms with van der Waals surface area (Å²) in [4.78, 5) is 29.7. The molecule has 3 aromatic rings. The first-order valence-electron chi connectivity index (χ1n) is 11.0. The van der Waals surface area contributed by atoms with Gasteiger partial charge in [-0.25, -0.2) is 4.79 Å². The van der Waals surface area contributed by atoms with Crippen LogP contribution in [0.15, 0.2) is 71.5 Å². The van der Waals surface area contributed by atoms with E-state index in [4.69, 9.17) is 4.42 Å². The monoisotopic (exact) mass is 436 g/mol. The second-order valence-corrected chi connectivity index (χ2v) is 7.97. The molecule has 0 aliphatic heterocycles. The third-order valence-electron chi connectivity index (χ3n) is 5.66. The first-order chi connectivity index (χ1) is 15.5. The molecule has 0 radical (unpaired) electrons. The number of hydrogen-bond acceptors (Lipinski definition) is 3. The number of urea groups is 1. The summed E-state index contributed by atoms with van der Waals surface area (Å²) in [7, 11) is 1.95. The summed E-state index contributed by atoms with van der Waals surface area (Å²) in [5.74, 6) is 0.578. The van der Waals surface area contributed by atoms with Crippen LogP contribution in [0.2, 0.25) is 0 Å². The second-order valence-electron chi connectivity index (χ2n) is 7.97. The number of hydrogen-bond donors (Lipinski definition) is 1. The average Bonchev–Trinajstić information content (AvgIpc) is 3.47. The molecule has 0 aliphatic rings. The zero-order chi connectivity index (χ0) is 22.9. The predicted octanol–water partition coefficient (Wildman–Crippen LogP) is 4.16. The Bertz CT molecular complexity index is 982. The van der Waals surface area contributed by atoms with Gasteiger partial charge in [0.15, 0.2) is 0 Å². The first kappa shape index (κ1) is 23.2. The molecule has 0 fully saturated rings. The van der Waals surface area contributed by atoms with Gasteiger partial charge >= 0.3 is 6.03 Å². The molecule has 0 saturated carbocycles. The summed E-state index contributed by atoms with van der Waals surface area (Å²) in [6, 6.07) is 17.0. The van der Waals surface area contributed by atoms with Gasteiger partial charge in [0.05, 0.1) is 19.4 Å². The van der Waals surface area contributed by atoms with E-state index in [0.717, 1.165) is 17.7 Å². The first-order valence-corrected chi connectivity index (χ1v) is 11.0. The smallest absolute Gasteiger partial charge is 0.318 e. The van der Waals surface area contributed by atoms with E-state index in [1.165, 1.54) is 0 Å². The second kappa shape index (κ2) is 11.2. The van der Waals surface area contributed by atoms with E-state index >= 15 is 0 Å². The van der Waals surface area contributed by atoms with Gasteiger partial charge in [0, 0.05) is 31.5 Å². The summed E-state index contributed by atoms with van der Waals surface area (Å²) in [6.07, 6.45) is 4.30. The highest BCUT2D eigenvalue weighted by atomic mass is 16.3. The van der Waals surface area contributed by atoms with Gasteiger partial charge in [-0.3, -0.25) is 4.79 Å². The minimum Gasteiger partial charge on any atom is -0.467 e. The Morgan fingerprint density at radius 3 is 2.47 bits per heavy atom. The number of aromatic nitrogens is 1. The van der Waals surface area contributed by atoms with E-state index in [0.29, 0.717) is 25.4 Å². The maximum absolute atomic E-state index is 13.4. The summed E-state index contributed by atoms with van der Waals surface area (Å²) >= 11 is 0. The van der Waals surface area contributed by atoms with Crippen LogP contribution >= 0.6 is 0 Å². The van der Waals surface area contributed by atoms with Crippen molar-refractivity contribution in [3.8, 4) is 0 Å². The molecule has 0 saturated heterocycles. The maximum Gasteiger partial charge on any atom is 0.318 e. The number of rotatable bonds is 10. The minimum absolute atomic E-state index is 0.000755. The minimum atomic E-state index is -0.242. The Labute approximate surface area is 189 Å². The number of nitrogens with one attached hydrogen (secondary N) is 1. The lowest BCUT2D eigenvalue weighted by Gasteiger charge is -2.31. The Hall–Kier alpha value is -3.48. The molecule has 2 aromatic heterocycles. The van der Waals surface area contributed by atoms with E-state index < -0.39 is 0 Å². The summed E-state index contributed by atoms with van der Waals surface area (Å²) in [5, 5.41) is 2.95. The van der Waals surface area contributed by atoms with Crippen molar-refractivity contribution in [2.24, 2.45) is 7.05 Å². The van der Waals surface area contributed by atoms with Crippen LogP contribution in [-0.4, -0.2) is 38.9 Å². The number of benzene rings is 1. The van der Waals surface area contributed by atoms with Gasteiger partial charge in [-0.15, -0.1) is 0 Å². The number of aryl methyl sites for hydroxylation is 1. The van der Waals surface area contributed by atoms with Crippen molar-refractivity contribution in [3.63, 3.8) is 0 Å². The highest BCUT2D eigenvalue weighted by Gasteiger charge is 2.25. The molecule has 0 aliphatic carbocycles. The Kier molecular flexibility index (Phi) is 8.14. The van der Waals surface area contributed by atoms with E-state index in [1.807, 2.05) is 86.3 Å². The molecule has 3 rings (SSSR count). The largest absolute Gasteiger partial charge is 0.467 e. The van der Waals surface area contributed by atoms with Gasteiger partial charge in [-0.1, -0.05) is 37.3 Å². The zero-order valence-corrected chi connectivity index (χ0v) is 19.0. The van der Waals surface area contributed by atoms with Crippen molar-refractivity contribution in [3.05, 3.63) is 84.1 Å². The van der Waals surface area contributed by atoms with Crippen LogP contribution in [0.3, 0.4) is 0 Å². The highest BCUT2D eigenvalue weighted by Crippen LogP contribution is 2.13. The van der Waals surface area contributed by atoms with Crippen molar-refractivity contribution < 1.29 is 14.0 Å². The number of furan rings is 1. The quantitative estimate of drug-likeness (QED) is 0.519. The lowest BCUT2D eigenvalue weighted by molar-refractivity contribution is -0.133. The van der Waals surface area contributed by atoms with Gasteiger partial charge in [0.2, 0.25) is 5.91 Å². The van der Waals surface area contributed by atoms with Crippen molar-refractivity contribution in [1.82, 2.24) is 19.7 Å². The van der Waals surface area contributed by atoms with E-state index in [1.54, 1.807) is 16.1 Å². The molecule has 7 heteroatoms. The fraction of sp³-hybridized carbons (Fsp3) is 0.360. The fourth-order valence-corrected chi connectivity index (χ4v) is 3.45. The third kappa shape index (κ3) is 6.26. The van der Waals surface area contributed by atoms with Crippen LogP contribution in [0.5, 0.6) is 0 Å². The number of carbonyl (C=O) groups excluding carboxylic acids is 2. The van der Waals surface area contributed by atoms with Gasteiger partial charge in [-0.05, 0) is 43.2 Å². The van der Waals surface area contributed by atoms with E-state index in [9.17, 15) is 9.59 Å². The van der Waals surface area contributed by atoms with Gasteiger partial charge < -0.3 is 24.1 Å². The summed E-state index contributed by atoms with van der Waals surface area (Å²) in [6.45, 7) is 5.17. The van der Waals surface area contributed by atoms with E-state index in [2.05, 4.69) is 5.32 Å². The Balaban J connectivity index is 1.71. The Morgan fingerprint density at radius 1 is 1.06 bits per heavy atom. The molecular formula is C25H32N4O3. The molecule has 7 nitrogen and oxygen atoms in total. The Morgan fingerprint density at radius 2 is 1.84 bits per heavy atom. The van der Waals surface area contributed by atoms with Crippen LogP contribution in [0.1, 0.15) is 37.3 Å². The van der Waals surface area contributed by atoms with Gasteiger partial charge in [0.25, 0.3) is 0 Å². The van der Waals surface area contributed by atoms with Crippen molar-refractivity contribution in [2.75, 3.05) is 6.54 Å². The highest BCUT2D eigenvalue weighted by molar-refractivity contribution is 5.84. The average molecular weight is 437 g/mol. The van der Waals surface area contributed by atoms with Crippen LogP contribution in [0.25, 0.3) is 0 Å². The SMILES string of the molecule is CCC(C)N(CC(=O)N(Cc1ccco1)Cc1cccn1C)C(=O)NCc1ccccc1. The lowest BCUT2D eigenvalue weighted by atomic mass is 10.2. The predicted molar refractivity (Wildman–Crippen MR) is 124 cm³/mol. The molecule has 0 bridgehead atoms. The molecule has 1 N–H and O–H groups in total. The van der Waals surface area contributed by atoms with Crippen LogP contribution in [0, 0.1) is 0 Å². The topological polar surface area (TPSA) is 70.7 Å². The molecule has 3 amide bonds. The van der Waals surface area contributed by atoms with Crippen LogP contribution in [0.4, 0.5) is 4.79 Å². The molecule has 32 heavy (non-hydrogen) atoms. The number of carbonyl (C=O) groups is 2. The van der Waals surface area contributed by atoms with Crippen molar-refractivity contribution in [1.29, 1.82) is 0 Å². The zero-order valence-electron chi connectivity index (χ0n) is 19.0. The molecule has 2 heterocycles.